The van der Waals surface area contributed by atoms with Crippen LogP contribution in [0, 0.1) is 13.8 Å². The van der Waals surface area contributed by atoms with Gasteiger partial charge in [-0.25, -0.2) is 0 Å². The molecule has 1 aromatic rings. The van der Waals surface area contributed by atoms with Gasteiger partial charge in [0.05, 0.1) is 25.9 Å². The van der Waals surface area contributed by atoms with Crippen molar-refractivity contribution in [3.63, 3.8) is 0 Å². The summed E-state index contributed by atoms with van der Waals surface area (Å²) in [5, 5.41) is 0. The number of morpholine rings is 1. The molecule has 0 bridgehead atoms. The highest BCUT2D eigenvalue weighted by Gasteiger charge is 2.31. The largest absolute Gasteiger partial charge is 0.379 e. The summed E-state index contributed by atoms with van der Waals surface area (Å²) < 4.78 is 11.8. The van der Waals surface area contributed by atoms with E-state index in [1.54, 1.807) is 0 Å². The highest BCUT2D eigenvalue weighted by molar-refractivity contribution is 5.29. The van der Waals surface area contributed by atoms with Crippen LogP contribution in [-0.4, -0.2) is 50.0 Å². The van der Waals surface area contributed by atoms with E-state index in [0.29, 0.717) is 12.1 Å². The molecule has 0 radical (unpaired) electrons. The Morgan fingerprint density at radius 3 is 2.65 bits per heavy atom. The van der Waals surface area contributed by atoms with Crippen LogP contribution in [0.3, 0.4) is 0 Å². The normalized spacial score (nSPS) is 26.3. The summed E-state index contributed by atoms with van der Waals surface area (Å²) in [5.41, 5.74) is 4.15. The van der Waals surface area contributed by atoms with Crippen molar-refractivity contribution in [2.24, 2.45) is 0 Å². The molecule has 23 heavy (non-hydrogen) atoms. The van der Waals surface area contributed by atoms with Crippen LogP contribution in [0.5, 0.6) is 0 Å². The first kappa shape index (κ1) is 16.9. The zero-order valence-electron chi connectivity index (χ0n) is 14.7. The minimum atomic E-state index is 0.411. The summed E-state index contributed by atoms with van der Waals surface area (Å²) in [5.74, 6) is 0. The minimum absolute atomic E-state index is 0.411. The molecule has 3 nitrogen and oxygen atoms in total. The fraction of sp³-hybridized carbons (Fsp3) is 0.700. The first-order chi connectivity index (χ1) is 11.2. The molecule has 0 N–H and O–H groups in total. The molecule has 2 aliphatic rings. The third-order valence-corrected chi connectivity index (χ3v) is 5.48. The molecule has 1 saturated heterocycles. The second-order valence-electron chi connectivity index (χ2n) is 7.08. The van der Waals surface area contributed by atoms with Gasteiger partial charge in [-0.3, -0.25) is 4.90 Å². The molecule has 0 spiro atoms. The van der Waals surface area contributed by atoms with E-state index in [-0.39, 0.29) is 0 Å². The standard InChI is InChI=1S/C20H31NO2/c1-16-7-8-18(15-17(16)2)9-12-23-20-6-4-3-5-19(20)21-10-13-22-14-11-21/h7-8,15,19-20H,3-6,9-14H2,1-2H3. The van der Waals surface area contributed by atoms with E-state index in [1.807, 2.05) is 0 Å². The average Bonchev–Trinajstić information content (AvgIpc) is 2.59. The van der Waals surface area contributed by atoms with Crippen molar-refractivity contribution in [2.75, 3.05) is 32.9 Å². The first-order valence-electron chi connectivity index (χ1n) is 9.23. The summed E-state index contributed by atoms with van der Waals surface area (Å²) >= 11 is 0. The van der Waals surface area contributed by atoms with Crippen LogP contribution in [0.25, 0.3) is 0 Å². The van der Waals surface area contributed by atoms with Crippen molar-refractivity contribution in [2.45, 2.75) is 58.1 Å². The third kappa shape index (κ3) is 4.56. The van der Waals surface area contributed by atoms with Crippen LogP contribution in [-0.2, 0) is 15.9 Å². The Bertz CT molecular complexity index is 496. The lowest BCUT2D eigenvalue weighted by atomic mass is 9.91. The molecule has 1 aliphatic heterocycles. The number of nitrogens with zero attached hydrogens (tertiary/aromatic N) is 1. The SMILES string of the molecule is Cc1ccc(CCOC2CCCCC2N2CCOCC2)cc1C. The summed E-state index contributed by atoms with van der Waals surface area (Å²) in [6.45, 7) is 9.11. The van der Waals surface area contributed by atoms with Gasteiger partial charge >= 0.3 is 0 Å². The Balaban J connectivity index is 1.51. The summed E-state index contributed by atoms with van der Waals surface area (Å²) in [4.78, 5) is 2.60. The topological polar surface area (TPSA) is 21.7 Å². The van der Waals surface area contributed by atoms with Gasteiger partial charge in [0.2, 0.25) is 0 Å². The Kier molecular flexibility index (Phi) is 6.09. The van der Waals surface area contributed by atoms with Gasteiger partial charge in [-0.15, -0.1) is 0 Å². The summed E-state index contributed by atoms with van der Waals surface area (Å²) in [6.07, 6.45) is 6.60. The van der Waals surface area contributed by atoms with E-state index in [0.717, 1.165) is 39.3 Å². The number of ether oxygens (including phenoxy) is 2. The molecule has 0 amide bonds. The molecule has 1 heterocycles. The third-order valence-electron chi connectivity index (χ3n) is 5.48. The molecule has 2 atom stereocenters. The number of hydrogen-bond donors (Lipinski definition) is 0. The van der Waals surface area contributed by atoms with E-state index in [4.69, 9.17) is 9.47 Å². The van der Waals surface area contributed by atoms with Crippen LogP contribution in [0.2, 0.25) is 0 Å². The fourth-order valence-electron chi connectivity index (χ4n) is 3.89. The molecular weight excluding hydrogens is 286 g/mol. The van der Waals surface area contributed by atoms with Gasteiger partial charge in [0.25, 0.3) is 0 Å². The zero-order chi connectivity index (χ0) is 16.1. The number of rotatable bonds is 5. The maximum Gasteiger partial charge on any atom is 0.0730 e. The van der Waals surface area contributed by atoms with E-state index >= 15 is 0 Å². The second-order valence-corrected chi connectivity index (χ2v) is 7.08. The lowest BCUT2D eigenvalue weighted by Crippen LogP contribution is -2.51. The fourth-order valence-corrected chi connectivity index (χ4v) is 3.89. The number of aryl methyl sites for hydroxylation is 2. The molecule has 0 aromatic heterocycles. The predicted molar refractivity (Wildman–Crippen MR) is 94.0 cm³/mol. The van der Waals surface area contributed by atoms with Crippen molar-refractivity contribution < 1.29 is 9.47 Å². The molecule has 3 rings (SSSR count). The molecule has 128 valence electrons. The molecule has 1 aliphatic carbocycles. The minimum Gasteiger partial charge on any atom is -0.379 e. The molecule has 3 heteroatoms. The van der Waals surface area contributed by atoms with Gasteiger partial charge in [0, 0.05) is 19.1 Å². The van der Waals surface area contributed by atoms with Crippen LogP contribution in [0.1, 0.15) is 42.4 Å². The van der Waals surface area contributed by atoms with Gasteiger partial charge in [-0.1, -0.05) is 31.0 Å². The van der Waals surface area contributed by atoms with Gasteiger partial charge in [0.15, 0.2) is 0 Å². The van der Waals surface area contributed by atoms with Crippen LogP contribution < -0.4 is 0 Å². The van der Waals surface area contributed by atoms with Crippen molar-refractivity contribution in [3.8, 4) is 0 Å². The Hall–Kier alpha value is -0.900. The van der Waals surface area contributed by atoms with E-state index in [9.17, 15) is 0 Å². The first-order valence-corrected chi connectivity index (χ1v) is 9.23. The van der Waals surface area contributed by atoms with Gasteiger partial charge in [0.1, 0.15) is 0 Å². The van der Waals surface area contributed by atoms with E-state index in [1.165, 1.54) is 42.4 Å². The van der Waals surface area contributed by atoms with Crippen molar-refractivity contribution >= 4 is 0 Å². The predicted octanol–water partition coefficient (Wildman–Crippen LogP) is 3.51. The molecule has 2 fully saturated rings. The maximum absolute atomic E-state index is 6.34. The van der Waals surface area contributed by atoms with Crippen molar-refractivity contribution in [1.29, 1.82) is 0 Å². The number of benzene rings is 1. The van der Waals surface area contributed by atoms with Gasteiger partial charge in [-0.2, -0.15) is 0 Å². The second kappa shape index (κ2) is 8.27. The van der Waals surface area contributed by atoms with E-state index < -0.39 is 0 Å². The average molecular weight is 317 g/mol. The van der Waals surface area contributed by atoms with Crippen molar-refractivity contribution in [1.82, 2.24) is 4.90 Å². The smallest absolute Gasteiger partial charge is 0.0730 e. The molecule has 2 unspecified atom stereocenters. The summed E-state index contributed by atoms with van der Waals surface area (Å²) in [7, 11) is 0. The van der Waals surface area contributed by atoms with Crippen LogP contribution >= 0.6 is 0 Å². The molecule has 1 aromatic carbocycles. The van der Waals surface area contributed by atoms with Crippen LogP contribution in [0.4, 0.5) is 0 Å². The Morgan fingerprint density at radius 2 is 1.87 bits per heavy atom. The monoisotopic (exact) mass is 317 g/mol. The highest BCUT2D eigenvalue weighted by atomic mass is 16.5. The quantitative estimate of drug-likeness (QED) is 0.829. The number of hydrogen-bond acceptors (Lipinski definition) is 3. The zero-order valence-corrected chi connectivity index (χ0v) is 14.7. The highest BCUT2D eigenvalue weighted by Crippen LogP contribution is 2.26. The van der Waals surface area contributed by atoms with Crippen molar-refractivity contribution in [3.05, 3.63) is 34.9 Å². The Morgan fingerprint density at radius 1 is 1.09 bits per heavy atom. The molecular formula is C20H31NO2. The maximum atomic E-state index is 6.34. The van der Waals surface area contributed by atoms with Gasteiger partial charge < -0.3 is 9.47 Å². The summed E-state index contributed by atoms with van der Waals surface area (Å²) in [6, 6.07) is 7.37. The lowest BCUT2D eigenvalue weighted by molar-refractivity contribution is -0.0647. The van der Waals surface area contributed by atoms with E-state index in [2.05, 4.69) is 36.9 Å². The molecule has 1 saturated carbocycles. The lowest BCUT2D eigenvalue weighted by Gasteiger charge is -2.41. The Labute approximate surface area is 141 Å². The van der Waals surface area contributed by atoms with Crippen LogP contribution in [0.15, 0.2) is 18.2 Å². The van der Waals surface area contributed by atoms with Gasteiger partial charge in [-0.05, 0) is 49.8 Å².